The lowest BCUT2D eigenvalue weighted by Gasteiger charge is -2.42. The molecular weight excluding hydrogens is 453 g/mol. The van der Waals surface area contributed by atoms with Gasteiger partial charge in [0.25, 0.3) is 8.32 Å². The summed E-state index contributed by atoms with van der Waals surface area (Å²) in [7, 11) is -7.54. The van der Waals surface area contributed by atoms with Crippen LogP contribution in [0.3, 0.4) is 0 Å². The van der Waals surface area contributed by atoms with E-state index in [2.05, 4.69) is 148 Å². The lowest BCUT2D eigenvalue weighted by atomic mass is 10.3. The molecule has 0 spiro atoms. The molecule has 0 N–H and O–H groups in total. The smallest absolute Gasteiger partial charge is 0.312 e. The zero-order valence-corrected chi connectivity index (χ0v) is 22.9. The van der Waals surface area contributed by atoms with Crippen LogP contribution in [0, 0.1) is 0 Å². The molecule has 0 aliphatic carbocycles. The van der Waals surface area contributed by atoms with Gasteiger partial charge >= 0.3 is 8.56 Å². The van der Waals surface area contributed by atoms with Crippen molar-refractivity contribution in [1.29, 1.82) is 0 Å². The highest BCUT2D eigenvalue weighted by molar-refractivity contribution is 7.10. The third-order valence-electron chi connectivity index (χ3n) is 5.91. The van der Waals surface area contributed by atoms with Crippen molar-refractivity contribution in [3.63, 3.8) is 0 Å². The van der Waals surface area contributed by atoms with Gasteiger partial charge in [0.05, 0.1) is 0 Å². The topological polar surface area (TPSA) is 18.5 Å². The quantitative estimate of drug-likeness (QED) is 0.271. The predicted molar refractivity (Wildman–Crippen MR) is 147 cm³/mol. The van der Waals surface area contributed by atoms with Crippen molar-refractivity contribution >= 4 is 45.9 Å². The summed E-state index contributed by atoms with van der Waals surface area (Å²) in [6, 6.07) is 42.9. The third kappa shape index (κ3) is 5.18. The Labute approximate surface area is 201 Å². The predicted octanol–water partition coefficient (Wildman–Crippen LogP) is 4.50. The monoisotopic (exact) mass is 484 g/mol. The van der Waals surface area contributed by atoms with Gasteiger partial charge in [-0.3, -0.25) is 0 Å². The standard InChI is InChI=1S/C28H32O2Si3/c1-31(2,25-17-9-5-10-18-25)29-32(3,4)30-33(26-19-11-6-12-20-26,27-21-13-7-14-22-27)28-23-15-8-16-24-28/h5-24H,1-4H3. The second kappa shape index (κ2) is 9.75. The van der Waals surface area contributed by atoms with Crippen LogP contribution in [0.25, 0.3) is 0 Å². The molecule has 168 valence electrons. The van der Waals surface area contributed by atoms with E-state index in [0.29, 0.717) is 0 Å². The first-order valence-corrected chi connectivity index (χ1v) is 19.1. The minimum Gasteiger partial charge on any atom is -0.433 e. The summed E-state index contributed by atoms with van der Waals surface area (Å²) in [6.07, 6.45) is 0. The molecule has 4 aromatic rings. The summed E-state index contributed by atoms with van der Waals surface area (Å²) in [5, 5.41) is 5.02. The van der Waals surface area contributed by atoms with Gasteiger partial charge in [0.15, 0.2) is 0 Å². The average molecular weight is 485 g/mol. The highest BCUT2D eigenvalue weighted by Gasteiger charge is 2.48. The zero-order chi connectivity index (χ0) is 23.4. The Kier molecular flexibility index (Phi) is 6.97. The Morgan fingerprint density at radius 1 is 0.394 bits per heavy atom. The van der Waals surface area contributed by atoms with Crippen molar-refractivity contribution in [3.05, 3.63) is 121 Å². The summed E-state index contributed by atoms with van der Waals surface area (Å²) in [4.78, 5) is 0. The highest BCUT2D eigenvalue weighted by atomic mass is 28.5. The summed E-state index contributed by atoms with van der Waals surface area (Å²) >= 11 is 0. The van der Waals surface area contributed by atoms with Crippen LogP contribution in [0.2, 0.25) is 26.2 Å². The first kappa shape index (κ1) is 23.6. The van der Waals surface area contributed by atoms with E-state index in [4.69, 9.17) is 8.23 Å². The van der Waals surface area contributed by atoms with Gasteiger partial charge in [0.2, 0.25) is 8.32 Å². The van der Waals surface area contributed by atoms with Gasteiger partial charge in [-0.15, -0.1) is 0 Å². The maximum Gasteiger partial charge on any atom is 0.312 e. The van der Waals surface area contributed by atoms with Crippen LogP contribution in [0.5, 0.6) is 0 Å². The van der Waals surface area contributed by atoms with Crippen molar-refractivity contribution in [3.8, 4) is 0 Å². The molecule has 0 aliphatic heterocycles. The van der Waals surface area contributed by atoms with Gasteiger partial charge in [-0.2, -0.15) is 0 Å². The molecule has 0 aromatic heterocycles. The molecule has 0 heterocycles. The molecule has 5 heteroatoms. The molecule has 2 nitrogen and oxygen atoms in total. The molecule has 0 fully saturated rings. The Hall–Kier alpha value is -2.55. The van der Waals surface area contributed by atoms with Crippen molar-refractivity contribution in [2.75, 3.05) is 0 Å². The first-order chi connectivity index (χ1) is 15.8. The van der Waals surface area contributed by atoms with E-state index >= 15 is 0 Å². The van der Waals surface area contributed by atoms with E-state index < -0.39 is 25.2 Å². The summed E-state index contributed by atoms with van der Waals surface area (Å²) < 4.78 is 14.5. The number of hydrogen-bond donors (Lipinski definition) is 0. The molecule has 0 aliphatic rings. The van der Waals surface area contributed by atoms with E-state index in [9.17, 15) is 0 Å². The van der Waals surface area contributed by atoms with E-state index in [1.807, 2.05) is 0 Å². The van der Waals surface area contributed by atoms with Crippen LogP contribution in [-0.2, 0) is 8.23 Å². The summed E-state index contributed by atoms with van der Waals surface area (Å²) in [6.45, 7) is 8.97. The van der Waals surface area contributed by atoms with Crippen LogP contribution in [0.1, 0.15) is 0 Å². The molecule has 0 unspecified atom stereocenters. The second-order valence-electron chi connectivity index (χ2n) is 9.26. The lowest BCUT2D eigenvalue weighted by Crippen LogP contribution is -2.73. The molecule has 33 heavy (non-hydrogen) atoms. The maximum absolute atomic E-state index is 7.43. The summed E-state index contributed by atoms with van der Waals surface area (Å²) in [5.41, 5.74) is 0. The molecule has 0 saturated heterocycles. The molecule has 0 amide bonds. The lowest BCUT2D eigenvalue weighted by molar-refractivity contribution is 0.406. The SMILES string of the molecule is C[Si](C)(O[Si](C)(C)c1ccccc1)O[Si](c1ccccc1)(c1ccccc1)c1ccccc1. The molecular formula is C28H32O2Si3. The van der Waals surface area contributed by atoms with Gasteiger partial charge in [-0.1, -0.05) is 121 Å². The Morgan fingerprint density at radius 2 is 0.697 bits per heavy atom. The fraction of sp³-hybridized carbons (Fsp3) is 0.143. The molecule has 0 bridgehead atoms. The minimum absolute atomic E-state index is 1.24. The molecule has 0 radical (unpaired) electrons. The van der Waals surface area contributed by atoms with Crippen LogP contribution < -0.4 is 20.7 Å². The van der Waals surface area contributed by atoms with Gasteiger partial charge in [-0.05, 0) is 46.9 Å². The first-order valence-electron chi connectivity index (χ1n) is 11.5. The zero-order valence-electron chi connectivity index (χ0n) is 19.9. The molecule has 0 saturated carbocycles. The summed E-state index contributed by atoms with van der Waals surface area (Å²) in [5.74, 6) is 0. The molecule has 0 atom stereocenters. The second-order valence-corrected chi connectivity index (χ2v) is 20.4. The number of rotatable bonds is 8. The third-order valence-corrected chi connectivity index (χ3v) is 18.3. The van der Waals surface area contributed by atoms with Crippen LogP contribution in [0.4, 0.5) is 0 Å². The number of hydrogen-bond acceptors (Lipinski definition) is 2. The molecule has 4 rings (SSSR count). The van der Waals surface area contributed by atoms with E-state index in [0.717, 1.165) is 0 Å². The Bertz CT molecular complexity index is 1050. The fourth-order valence-corrected chi connectivity index (χ4v) is 18.9. The van der Waals surface area contributed by atoms with E-state index in [1.165, 1.54) is 20.7 Å². The average Bonchev–Trinajstić information content (AvgIpc) is 2.84. The van der Waals surface area contributed by atoms with Gasteiger partial charge in [-0.25, -0.2) is 0 Å². The van der Waals surface area contributed by atoms with Gasteiger partial charge in [0, 0.05) is 0 Å². The largest absolute Gasteiger partial charge is 0.433 e. The Balaban J connectivity index is 1.85. The fourth-order valence-electron chi connectivity index (χ4n) is 4.60. The van der Waals surface area contributed by atoms with E-state index in [-0.39, 0.29) is 0 Å². The van der Waals surface area contributed by atoms with Crippen LogP contribution in [-0.4, -0.2) is 25.2 Å². The molecule has 4 aromatic carbocycles. The van der Waals surface area contributed by atoms with Gasteiger partial charge in [0.1, 0.15) is 0 Å². The maximum atomic E-state index is 7.43. The minimum atomic E-state index is -2.80. The van der Waals surface area contributed by atoms with Crippen LogP contribution in [0.15, 0.2) is 121 Å². The van der Waals surface area contributed by atoms with Crippen LogP contribution >= 0.6 is 0 Å². The van der Waals surface area contributed by atoms with Gasteiger partial charge < -0.3 is 8.23 Å². The number of benzene rings is 4. The van der Waals surface area contributed by atoms with Crippen molar-refractivity contribution in [1.82, 2.24) is 0 Å². The normalized spacial score (nSPS) is 12.5. The highest BCUT2D eigenvalue weighted by Crippen LogP contribution is 2.21. The van der Waals surface area contributed by atoms with Crippen molar-refractivity contribution < 1.29 is 8.23 Å². The van der Waals surface area contributed by atoms with Crippen molar-refractivity contribution in [2.24, 2.45) is 0 Å². The van der Waals surface area contributed by atoms with Crippen molar-refractivity contribution in [2.45, 2.75) is 26.2 Å². The Morgan fingerprint density at radius 3 is 1.03 bits per heavy atom. The van der Waals surface area contributed by atoms with E-state index in [1.54, 1.807) is 0 Å².